The molecule has 1 rings (SSSR count). The van der Waals surface area contributed by atoms with Crippen LogP contribution in [0, 0.1) is 23.1 Å². The molecule has 3 nitrogen and oxygen atoms in total. The van der Waals surface area contributed by atoms with E-state index in [-0.39, 0.29) is 11.9 Å². The molecule has 1 unspecified atom stereocenters. The second-order valence-electron chi connectivity index (χ2n) is 5.57. The van der Waals surface area contributed by atoms with Gasteiger partial charge in [0.25, 0.3) is 0 Å². The largest absolute Gasteiger partial charge is 0.381 e. The van der Waals surface area contributed by atoms with Crippen LogP contribution in [-0.2, 0) is 0 Å². The molecule has 104 valence electrons. The van der Waals surface area contributed by atoms with E-state index in [1.807, 2.05) is 20.2 Å². The van der Waals surface area contributed by atoms with Crippen LogP contribution in [0.5, 0.6) is 0 Å². The zero-order valence-electron chi connectivity index (χ0n) is 12.1. The lowest BCUT2D eigenvalue weighted by Crippen LogP contribution is -2.33. The Bertz CT molecular complexity index is 439. The van der Waals surface area contributed by atoms with Crippen molar-refractivity contribution in [1.29, 1.82) is 5.26 Å². The molecule has 1 aromatic carbocycles. The topological polar surface area (TPSA) is 39.1 Å². The van der Waals surface area contributed by atoms with Gasteiger partial charge in [0.05, 0.1) is 11.6 Å². The van der Waals surface area contributed by atoms with Crippen molar-refractivity contribution >= 4 is 5.69 Å². The Kier molecular flexibility index (Phi) is 5.78. The highest BCUT2D eigenvalue weighted by Gasteiger charge is 2.12. The number of nitriles is 1. The van der Waals surface area contributed by atoms with Crippen LogP contribution in [0.4, 0.5) is 10.1 Å². The number of likely N-dealkylation sites (N-methyl/N-ethyl adjacent to an activating group) is 1. The average molecular weight is 263 g/mol. The fourth-order valence-corrected chi connectivity index (χ4v) is 2.16. The predicted molar refractivity (Wildman–Crippen MR) is 76.5 cm³/mol. The summed E-state index contributed by atoms with van der Waals surface area (Å²) in [6, 6.07) is 6.58. The van der Waals surface area contributed by atoms with Crippen LogP contribution in [0.25, 0.3) is 0 Å². The van der Waals surface area contributed by atoms with Gasteiger partial charge >= 0.3 is 0 Å². The number of nitrogens with one attached hydrogen (secondary N) is 1. The van der Waals surface area contributed by atoms with E-state index < -0.39 is 0 Å². The molecule has 0 aliphatic rings. The molecule has 0 amide bonds. The molecule has 0 aliphatic heterocycles. The molecule has 0 saturated carbocycles. The van der Waals surface area contributed by atoms with E-state index >= 15 is 0 Å². The highest BCUT2D eigenvalue weighted by atomic mass is 19.1. The molecular weight excluding hydrogens is 241 g/mol. The summed E-state index contributed by atoms with van der Waals surface area (Å²) in [5, 5.41) is 12.2. The van der Waals surface area contributed by atoms with Crippen LogP contribution in [0.3, 0.4) is 0 Å². The lowest BCUT2D eigenvalue weighted by atomic mass is 10.0. The molecule has 0 bridgehead atoms. The minimum atomic E-state index is -0.380. The van der Waals surface area contributed by atoms with Crippen LogP contribution < -0.4 is 5.32 Å². The van der Waals surface area contributed by atoms with E-state index in [4.69, 9.17) is 5.26 Å². The monoisotopic (exact) mass is 263 g/mol. The zero-order valence-corrected chi connectivity index (χ0v) is 12.1. The third-order valence-electron chi connectivity index (χ3n) is 2.74. The SMILES string of the molecule is CC(C)CC(CN(C)C)Nc1cc(F)cc(C#N)c1. The maximum Gasteiger partial charge on any atom is 0.126 e. The van der Waals surface area contributed by atoms with Gasteiger partial charge in [-0.25, -0.2) is 4.39 Å². The summed E-state index contributed by atoms with van der Waals surface area (Å²) in [6.45, 7) is 5.20. The fourth-order valence-electron chi connectivity index (χ4n) is 2.16. The molecule has 19 heavy (non-hydrogen) atoms. The maximum atomic E-state index is 13.4. The molecule has 0 saturated heterocycles. The van der Waals surface area contributed by atoms with Gasteiger partial charge in [0.2, 0.25) is 0 Å². The van der Waals surface area contributed by atoms with E-state index in [1.54, 1.807) is 6.07 Å². The Hall–Kier alpha value is -1.60. The molecule has 0 radical (unpaired) electrons. The van der Waals surface area contributed by atoms with Gasteiger partial charge in [-0.3, -0.25) is 0 Å². The first kappa shape index (κ1) is 15.5. The summed E-state index contributed by atoms with van der Waals surface area (Å²) < 4.78 is 13.4. The van der Waals surface area contributed by atoms with Gasteiger partial charge in [0.1, 0.15) is 5.82 Å². The van der Waals surface area contributed by atoms with Crippen molar-refractivity contribution in [3.63, 3.8) is 0 Å². The van der Waals surface area contributed by atoms with Crippen molar-refractivity contribution < 1.29 is 4.39 Å². The maximum absolute atomic E-state index is 13.4. The average Bonchev–Trinajstić information content (AvgIpc) is 2.26. The second kappa shape index (κ2) is 7.10. The van der Waals surface area contributed by atoms with E-state index in [0.717, 1.165) is 13.0 Å². The first-order chi connectivity index (χ1) is 8.90. The lowest BCUT2D eigenvalue weighted by Gasteiger charge is -2.25. The fraction of sp³-hybridized carbons (Fsp3) is 0.533. The Balaban J connectivity index is 2.83. The molecule has 1 atom stereocenters. The van der Waals surface area contributed by atoms with Gasteiger partial charge in [0.15, 0.2) is 0 Å². The molecule has 0 heterocycles. The van der Waals surface area contributed by atoms with Crippen molar-refractivity contribution in [2.75, 3.05) is 26.0 Å². The molecular formula is C15H22FN3. The standard InChI is InChI=1S/C15H22FN3/c1-11(2)5-15(10-19(3)4)18-14-7-12(9-17)6-13(16)8-14/h6-8,11,15,18H,5,10H2,1-4H3. The van der Waals surface area contributed by atoms with Gasteiger partial charge in [0, 0.05) is 18.3 Å². The number of halogens is 1. The van der Waals surface area contributed by atoms with Crippen LogP contribution in [0.2, 0.25) is 0 Å². The van der Waals surface area contributed by atoms with Gasteiger partial charge < -0.3 is 10.2 Å². The molecule has 0 fully saturated rings. The van der Waals surface area contributed by atoms with Crippen molar-refractivity contribution in [2.24, 2.45) is 5.92 Å². The molecule has 0 aromatic heterocycles. The number of rotatable bonds is 6. The summed E-state index contributed by atoms with van der Waals surface area (Å²) in [6.07, 6.45) is 0.997. The van der Waals surface area contributed by atoms with Crippen LogP contribution in [-0.4, -0.2) is 31.6 Å². The lowest BCUT2D eigenvalue weighted by molar-refractivity contribution is 0.356. The molecule has 4 heteroatoms. The highest BCUT2D eigenvalue weighted by molar-refractivity contribution is 5.50. The third kappa shape index (κ3) is 5.71. The van der Waals surface area contributed by atoms with Crippen molar-refractivity contribution in [2.45, 2.75) is 26.3 Å². The molecule has 0 spiro atoms. The normalized spacial score (nSPS) is 12.5. The van der Waals surface area contributed by atoms with Crippen molar-refractivity contribution in [3.05, 3.63) is 29.6 Å². The number of nitrogens with zero attached hydrogens (tertiary/aromatic N) is 2. The summed E-state index contributed by atoms with van der Waals surface area (Å²) in [7, 11) is 4.03. The number of anilines is 1. The zero-order chi connectivity index (χ0) is 14.4. The third-order valence-corrected chi connectivity index (χ3v) is 2.74. The Labute approximate surface area is 115 Å². The van der Waals surface area contributed by atoms with Crippen LogP contribution >= 0.6 is 0 Å². The molecule has 1 aromatic rings. The van der Waals surface area contributed by atoms with Gasteiger partial charge in [-0.15, -0.1) is 0 Å². The van der Waals surface area contributed by atoms with Crippen molar-refractivity contribution in [3.8, 4) is 6.07 Å². The Morgan fingerprint density at radius 3 is 2.53 bits per heavy atom. The van der Waals surface area contributed by atoms with E-state index in [0.29, 0.717) is 17.2 Å². The number of hydrogen-bond acceptors (Lipinski definition) is 3. The van der Waals surface area contributed by atoms with Crippen molar-refractivity contribution in [1.82, 2.24) is 4.90 Å². The predicted octanol–water partition coefficient (Wildman–Crippen LogP) is 3.09. The van der Waals surface area contributed by atoms with E-state index in [2.05, 4.69) is 24.1 Å². The van der Waals surface area contributed by atoms with E-state index in [9.17, 15) is 4.39 Å². The van der Waals surface area contributed by atoms with Gasteiger partial charge in [-0.05, 0) is 44.6 Å². The summed E-state index contributed by atoms with van der Waals surface area (Å²) in [4.78, 5) is 2.10. The number of hydrogen-bond donors (Lipinski definition) is 1. The highest BCUT2D eigenvalue weighted by Crippen LogP contribution is 2.17. The quantitative estimate of drug-likeness (QED) is 0.857. The van der Waals surface area contributed by atoms with E-state index in [1.165, 1.54) is 12.1 Å². The smallest absolute Gasteiger partial charge is 0.126 e. The molecule has 1 N–H and O–H groups in total. The summed E-state index contributed by atoms with van der Waals surface area (Å²) in [5.74, 6) is 0.177. The summed E-state index contributed by atoms with van der Waals surface area (Å²) >= 11 is 0. The first-order valence-corrected chi connectivity index (χ1v) is 6.52. The second-order valence-corrected chi connectivity index (χ2v) is 5.57. The van der Waals surface area contributed by atoms with Gasteiger partial charge in [-0.1, -0.05) is 13.8 Å². The minimum Gasteiger partial charge on any atom is -0.381 e. The Morgan fingerprint density at radius 2 is 2.00 bits per heavy atom. The summed E-state index contributed by atoms with van der Waals surface area (Å²) in [5.41, 5.74) is 1.01. The number of benzene rings is 1. The Morgan fingerprint density at radius 1 is 1.32 bits per heavy atom. The minimum absolute atomic E-state index is 0.239. The van der Waals surface area contributed by atoms with Crippen LogP contribution in [0.15, 0.2) is 18.2 Å². The van der Waals surface area contributed by atoms with Gasteiger partial charge in [-0.2, -0.15) is 5.26 Å². The molecule has 0 aliphatic carbocycles. The van der Waals surface area contributed by atoms with Crippen LogP contribution in [0.1, 0.15) is 25.8 Å². The first-order valence-electron chi connectivity index (χ1n) is 6.52.